The molecule has 9 nitrogen and oxygen atoms in total. The Morgan fingerprint density at radius 2 is 1.78 bits per heavy atom. The van der Waals surface area contributed by atoms with Crippen molar-refractivity contribution in [3.05, 3.63) is 29.3 Å². The molecule has 2 atom stereocenters. The molecule has 4 rings (SSSR count). The normalized spacial score (nSPS) is 27.1. The van der Waals surface area contributed by atoms with E-state index in [1.807, 2.05) is 6.92 Å². The van der Waals surface area contributed by atoms with E-state index >= 15 is 0 Å². The highest BCUT2D eigenvalue weighted by molar-refractivity contribution is 7.89. The maximum atomic E-state index is 13.1. The van der Waals surface area contributed by atoms with Gasteiger partial charge in [-0.15, -0.1) is 0 Å². The first-order valence-corrected chi connectivity index (χ1v) is 12.6. The van der Waals surface area contributed by atoms with Gasteiger partial charge in [0.05, 0.1) is 4.90 Å². The largest absolute Gasteiger partial charge is 0.338 e. The molecule has 4 amide bonds. The topological polar surface area (TPSA) is 107 Å². The van der Waals surface area contributed by atoms with Crippen LogP contribution in [0.5, 0.6) is 0 Å². The number of benzene rings is 1. The number of carbonyl (C=O) groups is 3. The number of nitrogens with one attached hydrogen (secondary N) is 1. The lowest BCUT2D eigenvalue weighted by Gasteiger charge is -2.37. The Kier molecular flexibility index (Phi) is 6.21. The van der Waals surface area contributed by atoms with Gasteiger partial charge in [0.15, 0.2) is 0 Å². The van der Waals surface area contributed by atoms with Gasteiger partial charge in [0.25, 0.3) is 5.91 Å². The monoisotopic (exact) mass is 482 g/mol. The molecule has 0 bridgehead atoms. The van der Waals surface area contributed by atoms with E-state index in [9.17, 15) is 22.8 Å². The van der Waals surface area contributed by atoms with Crippen molar-refractivity contribution in [3.63, 3.8) is 0 Å². The molecule has 0 radical (unpaired) electrons. The molecule has 11 heteroatoms. The molecule has 3 fully saturated rings. The predicted molar refractivity (Wildman–Crippen MR) is 117 cm³/mol. The third-order valence-electron chi connectivity index (χ3n) is 6.84. The number of rotatable bonds is 4. The van der Waals surface area contributed by atoms with Crippen LogP contribution in [0.3, 0.4) is 0 Å². The number of piperazine rings is 1. The van der Waals surface area contributed by atoms with Gasteiger partial charge in [-0.05, 0) is 43.0 Å². The highest BCUT2D eigenvalue weighted by Gasteiger charge is 2.55. The van der Waals surface area contributed by atoms with E-state index in [0.717, 1.165) is 24.2 Å². The molecule has 1 N–H and O–H groups in total. The number of urea groups is 1. The smallest absolute Gasteiger partial charge is 0.325 e. The number of hydrogen-bond donors (Lipinski definition) is 1. The van der Waals surface area contributed by atoms with Crippen LogP contribution in [0.4, 0.5) is 4.79 Å². The Morgan fingerprint density at radius 3 is 2.41 bits per heavy atom. The van der Waals surface area contributed by atoms with Crippen LogP contribution in [0.2, 0.25) is 5.02 Å². The van der Waals surface area contributed by atoms with E-state index in [-0.39, 0.29) is 55.4 Å². The zero-order valence-corrected chi connectivity index (χ0v) is 19.5. The second kappa shape index (κ2) is 8.64. The minimum atomic E-state index is -3.68. The van der Waals surface area contributed by atoms with E-state index in [1.165, 1.54) is 33.5 Å². The standard InChI is InChI=1S/C21H27ClN4O5S/c1-15-4-2-3-9-21(15)19(28)26(20(29)23-21)14-18(27)24-10-12-25(13-11-24)32(30,31)17-7-5-16(22)6-8-17/h5-8,15H,2-4,9-14H2,1H3,(H,23,29)/t15-,21-/m1/s1. The number of sulfonamides is 1. The van der Waals surface area contributed by atoms with Gasteiger partial charge in [-0.3, -0.25) is 14.5 Å². The second-order valence-corrected chi connectivity index (χ2v) is 11.1. The number of nitrogens with zero attached hydrogens (tertiary/aromatic N) is 3. The van der Waals surface area contributed by atoms with Gasteiger partial charge >= 0.3 is 6.03 Å². The van der Waals surface area contributed by atoms with E-state index in [1.54, 1.807) is 0 Å². The van der Waals surface area contributed by atoms with Crippen molar-refractivity contribution in [3.8, 4) is 0 Å². The van der Waals surface area contributed by atoms with Crippen molar-refractivity contribution in [1.29, 1.82) is 0 Å². The average molecular weight is 483 g/mol. The Morgan fingerprint density at radius 1 is 1.12 bits per heavy atom. The maximum absolute atomic E-state index is 13.1. The lowest BCUT2D eigenvalue weighted by molar-refractivity contribution is -0.141. The Labute approximate surface area is 192 Å². The summed E-state index contributed by atoms with van der Waals surface area (Å²) in [5, 5.41) is 3.29. The van der Waals surface area contributed by atoms with Gasteiger partial charge in [-0.2, -0.15) is 4.31 Å². The lowest BCUT2D eigenvalue weighted by atomic mass is 9.73. The molecule has 2 aliphatic heterocycles. The number of imide groups is 1. The summed E-state index contributed by atoms with van der Waals surface area (Å²) in [5.74, 6) is -0.668. The summed E-state index contributed by atoms with van der Waals surface area (Å²) in [6, 6.07) is 5.42. The number of amides is 4. The molecule has 1 aliphatic carbocycles. The Bertz CT molecular complexity index is 1020. The summed E-state index contributed by atoms with van der Waals surface area (Å²) < 4.78 is 27.0. The Hall–Kier alpha value is -2.17. The minimum absolute atomic E-state index is 0.0226. The van der Waals surface area contributed by atoms with Crippen LogP contribution in [-0.4, -0.2) is 78.6 Å². The summed E-state index contributed by atoms with van der Waals surface area (Å²) in [6.45, 7) is 2.29. The summed E-state index contributed by atoms with van der Waals surface area (Å²) >= 11 is 5.84. The fourth-order valence-electron chi connectivity index (χ4n) is 4.81. The van der Waals surface area contributed by atoms with Crippen molar-refractivity contribution in [2.75, 3.05) is 32.7 Å². The summed E-state index contributed by atoms with van der Waals surface area (Å²) in [7, 11) is -3.68. The molecular weight excluding hydrogens is 456 g/mol. The van der Waals surface area contributed by atoms with Gasteiger partial charge < -0.3 is 10.2 Å². The SMILES string of the molecule is C[C@@H]1CCCC[C@@]12NC(=O)N(CC(=O)N1CCN(S(=O)(=O)c3ccc(Cl)cc3)CC1)C2=O. The van der Waals surface area contributed by atoms with Gasteiger partial charge in [-0.25, -0.2) is 13.2 Å². The van der Waals surface area contributed by atoms with Crippen LogP contribution >= 0.6 is 11.6 Å². The van der Waals surface area contributed by atoms with Crippen LogP contribution in [0.1, 0.15) is 32.6 Å². The highest BCUT2D eigenvalue weighted by Crippen LogP contribution is 2.38. The summed E-state index contributed by atoms with van der Waals surface area (Å²) in [5.41, 5.74) is -0.902. The molecule has 2 saturated heterocycles. The minimum Gasteiger partial charge on any atom is -0.338 e. The zero-order chi connectivity index (χ0) is 23.1. The highest BCUT2D eigenvalue weighted by atomic mass is 35.5. The van der Waals surface area contributed by atoms with Crippen LogP contribution in [0.15, 0.2) is 29.2 Å². The quantitative estimate of drug-likeness (QED) is 0.657. The van der Waals surface area contributed by atoms with Crippen LogP contribution in [0, 0.1) is 5.92 Å². The van der Waals surface area contributed by atoms with Crippen LogP contribution in [-0.2, 0) is 19.6 Å². The predicted octanol–water partition coefficient (Wildman–Crippen LogP) is 1.67. The van der Waals surface area contributed by atoms with E-state index in [4.69, 9.17) is 11.6 Å². The molecule has 0 unspecified atom stereocenters. The molecule has 32 heavy (non-hydrogen) atoms. The van der Waals surface area contributed by atoms with Gasteiger partial charge in [0.1, 0.15) is 12.1 Å². The van der Waals surface area contributed by atoms with Gasteiger partial charge in [0.2, 0.25) is 15.9 Å². The van der Waals surface area contributed by atoms with Crippen molar-refractivity contribution in [1.82, 2.24) is 19.4 Å². The Balaban J connectivity index is 1.37. The van der Waals surface area contributed by atoms with Crippen molar-refractivity contribution in [2.24, 2.45) is 5.92 Å². The fraction of sp³-hybridized carbons (Fsp3) is 0.571. The fourth-order valence-corrected chi connectivity index (χ4v) is 6.36. The third kappa shape index (κ3) is 3.99. The first-order chi connectivity index (χ1) is 15.1. The molecule has 1 spiro atoms. The zero-order valence-electron chi connectivity index (χ0n) is 17.9. The summed E-state index contributed by atoms with van der Waals surface area (Å²) in [4.78, 5) is 41.1. The van der Waals surface area contributed by atoms with Crippen molar-refractivity contribution in [2.45, 2.75) is 43.0 Å². The number of halogens is 1. The van der Waals surface area contributed by atoms with Crippen molar-refractivity contribution >= 4 is 39.5 Å². The number of hydrogen-bond acceptors (Lipinski definition) is 5. The average Bonchev–Trinajstić information content (AvgIpc) is 3.01. The van der Waals surface area contributed by atoms with Crippen LogP contribution < -0.4 is 5.32 Å². The molecule has 1 aromatic carbocycles. The van der Waals surface area contributed by atoms with E-state index < -0.39 is 21.6 Å². The molecule has 2 heterocycles. The van der Waals surface area contributed by atoms with Crippen molar-refractivity contribution < 1.29 is 22.8 Å². The van der Waals surface area contributed by atoms with Gasteiger partial charge in [-0.1, -0.05) is 31.4 Å². The molecular formula is C21H27ClN4O5S. The molecule has 1 saturated carbocycles. The number of carbonyl (C=O) groups excluding carboxylic acids is 3. The molecule has 1 aromatic rings. The maximum Gasteiger partial charge on any atom is 0.325 e. The molecule has 3 aliphatic rings. The van der Waals surface area contributed by atoms with E-state index in [0.29, 0.717) is 11.4 Å². The van der Waals surface area contributed by atoms with E-state index in [2.05, 4.69) is 5.32 Å². The summed E-state index contributed by atoms with van der Waals surface area (Å²) in [6.07, 6.45) is 3.33. The first-order valence-electron chi connectivity index (χ1n) is 10.8. The molecule has 0 aromatic heterocycles. The van der Waals surface area contributed by atoms with Gasteiger partial charge in [0, 0.05) is 31.2 Å². The molecule has 174 valence electrons. The third-order valence-corrected chi connectivity index (χ3v) is 9.00. The van der Waals surface area contributed by atoms with Crippen LogP contribution in [0.25, 0.3) is 0 Å². The first kappa shape index (κ1) is 23.0. The second-order valence-electron chi connectivity index (χ2n) is 8.68. The lowest BCUT2D eigenvalue weighted by Crippen LogP contribution is -2.55.